The Labute approximate surface area is 181 Å². The number of sulfonamides is 1. The number of rotatable bonds is 7. The maximum absolute atomic E-state index is 13.1. The average Bonchev–Trinajstić information content (AvgIpc) is 3.16. The number of carbonyl (C=O) groups is 1. The fourth-order valence-electron chi connectivity index (χ4n) is 3.30. The van der Waals surface area contributed by atoms with Gasteiger partial charge in [0.25, 0.3) is 0 Å². The molecule has 1 unspecified atom stereocenters. The molecule has 0 aliphatic carbocycles. The monoisotopic (exact) mass is 444 g/mol. The van der Waals surface area contributed by atoms with Crippen molar-refractivity contribution >= 4 is 16.0 Å². The summed E-state index contributed by atoms with van der Waals surface area (Å²) >= 11 is 0. The molecule has 9 heteroatoms. The number of esters is 1. The normalized spacial score (nSPS) is 19.0. The minimum absolute atomic E-state index is 0.0284. The molecule has 1 saturated heterocycles. The predicted molar refractivity (Wildman–Crippen MR) is 112 cm³/mol. The van der Waals surface area contributed by atoms with Crippen LogP contribution in [0.1, 0.15) is 23.1 Å². The van der Waals surface area contributed by atoms with E-state index in [1.807, 2.05) is 19.9 Å². The second-order valence-corrected chi connectivity index (χ2v) is 9.27. The summed E-state index contributed by atoms with van der Waals surface area (Å²) in [6, 6.07) is 12.1. The van der Waals surface area contributed by atoms with Crippen LogP contribution in [0, 0.1) is 25.2 Å². The molecule has 0 radical (unpaired) electrons. The first kappa shape index (κ1) is 22.7. The highest BCUT2D eigenvalue weighted by atomic mass is 32.2. The summed E-state index contributed by atoms with van der Waals surface area (Å²) in [5.74, 6) is -0.210. The Bertz CT molecular complexity index is 1090. The van der Waals surface area contributed by atoms with Crippen LogP contribution in [0.2, 0.25) is 0 Å². The van der Waals surface area contributed by atoms with Gasteiger partial charge >= 0.3 is 5.97 Å². The standard InChI is InChI=1S/C22H24N2O6S/c1-15-3-8-20(11-16(15)2)31(27,28)24-14-18(25)12-21(24)22(26)30-10-9-29-19-6-4-17(13-23)5-7-19/h3-8,11,18,21,25H,9-10,12,14H2,1-2H3/t18?,21-/m0/s1. The van der Waals surface area contributed by atoms with E-state index >= 15 is 0 Å². The highest BCUT2D eigenvalue weighted by Crippen LogP contribution is 2.28. The van der Waals surface area contributed by atoms with Gasteiger partial charge in [0.05, 0.1) is 22.6 Å². The van der Waals surface area contributed by atoms with Crippen LogP contribution < -0.4 is 4.74 Å². The lowest BCUT2D eigenvalue weighted by atomic mass is 10.1. The molecule has 1 aliphatic rings. The van der Waals surface area contributed by atoms with Crippen LogP contribution in [0.3, 0.4) is 0 Å². The van der Waals surface area contributed by atoms with E-state index in [0.717, 1.165) is 15.4 Å². The summed E-state index contributed by atoms with van der Waals surface area (Å²) in [6.45, 7) is 3.51. The number of aryl methyl sites for hydroxylation is 2. The number of nitriles is 1. The van der Waals surface area contributed by atoms with Gasteiger partial charge in [-0.15, -0.1) is 0 Å². The van der Waals surface area contributed by atoms with Gasteiger partial charge in [0.2, 0.25) is 10.0 Å². The molecule has 1 N–H and O–H groups in total. The molecule has 31 heavy (non-hydrogen) atoms. The molecule has 0 aromatic heterocycles. The second-order valence-electron chi connectivity index (χ2n) is 7.38. The zero-order chi connectivity index (χ0) is 22.6. The number of nitrogens with zero attached hydrogens (tertiary/aromatic N) is 2. The molecule has 1 fully saturated rings. The zero-order valence-electron chi connectivity index (χ0n) is 17.3. The highest BCUT2D eigenvalue weighted by Gasteiger charge is 2.44. The lowest BCUT2D eigenvalue weighted by Gasteiger charge is -2.23. The van der Waals surface area contributed by atoms with Crippen molar-refractivity contribution in [3.63, 3.8) is 0 Å². The third kappa shape index (κ3) is 5.22. The van der Waals surface area contributed by atoms with Crippen LogP contribution in [0.15, 0.2) is 47.4 Å². The summed E-state index contributed by atoms with van der Waals surface area (Å²) in [7, 11) is -3.97. The van der Waals surface area contributed by atoms with Crippen LogP contribution in [-0.2, 0) is 19.6 Å². The van der Waals surface area contributed by atoms with Gasteiger partial charge in [-0.3, -0.25) is 4.79 Å². The van der Waals surface area contributed by atoms with E-state index in [1.54, 1.807) is 36.4 Å². The minimum atomic E-state index is -3.97. The van der Waals surface area contributed by atoms with Crippen molar-refractivity contribution in [2.75, 3.05) is 19.8 Å². The van der Waals surface area contributed by atoms with E-state index in [1.165, 1.54) is 6.07 Å². The van der Waals surface area contributed by atoms with Gasteiger partial charge in [0.1, 0.15) is 25.0 Å². The highest BCUT2D eigenvalue weighted by molar-refractivity contribution is 7.89. The van der Waals surface area contributed by atoms with Crippen molar-refractivity contribution in [2.24, 2.45) is 0 Å². The van der Waals surface area contributed by atoms with Crippen molar-refractivity contribution in [1.29, 1.82) is 5.26 Å². The molecule has 2 atom stereocenters. The van der Waals surface area contributed by atoms with Crippen LogP contribution >= 0.6 is 0 Å². The van der Waals surface area contributed by atoms with Crippen molar-refractivity contribution < 1.29 is 27.8 Å². The Hall–Kier alpha value is -2.93. The number of aliphatic hydroxyl groups is 1. The molecule has 0 bridgehead atoms. The van der Waals surface area contributed by atoms with E-state index < -0.39 is 28.1 Å². The van der Waals surface area contributed by atoms with E-state index in [9.17, 15) is 18.3 Å². The average molecular weight is 445 g/mol. The van der Waals surface area contributed by atoms with E-state index in [0.29, 0.717) is 11.3 Å². The zero-order valence-corrected chi connectivity index (χ0v) is 18.1. The van der Waals surface area contributed by atoms with Crippen LogP contribution in [-0.4, -0.2) is 55.7 Å². The summed E-state index contributed by atoms with van der Waals surface area (Å²) in [5, 5.41) is 18.8. The Morgan fingerprint density at radius 2 is 1.87 bits per heavy atom. The molecule has 8 nitrogen and oxygen atoms in total. The number of hydrogen-bond acceptors (Lipinski definition) is 7. The maximum Gasteiger partial charge on any atom is 0.324 e. The largest absolute Gasteiger partial charge is 0.490 e. The van der Waals surface area contributed by atoms with Crippen molar-refractivity contribution in [3.05, 3.63) is 59.2 Å². The molecule has 164 valence electrons. The molecule has 1 aliphatic heterocycles. The van der Waals surface area contributed by atoms with Crippen LogP contribution in [0.5, 0.6) is 5.75 Å². The molecular weight excluding hydrogens is 420 g/mol. The summed E-state index contributed by atoms with van der Waals surface area (Å²) < 4.78 is 37.8. The van der Waals surface area contributed by atoms with Gasteiger partial charge in [0.15, 0.2) is 0 Å². The Balaban J connectivity index is 1.62. The number of β-amino-alcohol motifs (C(OH)–C–C–N with tert-alkyl or cyclic N) is 1. The molecule has 2 aromatic carbocycles. The molecule has 0 saturated carbocycles. The molecule has 1 heterocycles. The topological polar surface area (TPSA) is 117 Å². The third-order valence-corrected chi connectivity index (χ3v) is 7.04. The first-order chi connectivity index (χ1) is 14.7. The third-order valence-electron chi connectivity index (χ3n) is 5.17. The molecule has 2 aromatic rings. The molecule has 0 spiro atoms. The first-order valence-corrected chi connectivity index (χ1v) is 11.2. The smallest absolute Gasteiger partial charge is 0.324 e. The second kappa shape index (κ2) is 9.47. The predicted octanol–water partition coefficient (Wildman–Crippen LogP) is 1.92. The van der Waals surface area contributed by atoms with Crippen LogP contribution in [0.25, 0.3) is 0 Å². The Morgan fingerprint density at radius 1 is 1.16 bits per heavy atom. The van der Waals surface area contributed by atoms with E-state index in [-0.39, 0.29) is 31.1 Å². The van der Waals surface area contributed by atoms with Gasteiger partial charge in [-0.1, -0.05) is 6.07 Å². The Morgan fingerprint density at radius 3 is 2.52 bits per heavy atom. The summed E-state index contributed by atoms with van der Waals surface area (Å²) in [4.78, 5) is 12.6. The summed E-state index contributed by atoms with van der Waals surface area (Å²) in [5.41, 5.74) is 2.28. The van der Waals surface area contributed by atoms with Crippen molar-refractivity contribution in [1.82, 2.24) is 4.31 Å². The SMILES string of the molecule is Cc1ccc(S(=O)(=O)N2CC(O)C[C@H]2C(=O)OCCOc2ccc(C#N)cc2)cc1C. The van der Waals surface area contributed by atoms with Crippen LogP contribution in [0.4, 0.5) is 0 Å². The van der Waals surface area contributed by atoms with E-state index in [2.05, 4.69) is 0 Å². The molecule has 0 amide bonds. The number of aliphatic hydroxyl groups excluding tert-OH is 1. The van der Waals surface area contributed by atoms with Crippen molar-refractivity contribution in [3.8, 4) is 11.8 Å². The minimum Gasteiger partial charge on any atom is -0.490 e. The van der Waals surface area contributed by atoms with Gasteiger partial charge in [0, 0.05) is 13.0 Å². The lowest BCUT2D eigenvalue weighted by molar-refractivity contribution is -0.148. The molecule has 3 rings (SSSR count). The fourth-order valence-corrected chi connectivity index (χ4v) is 5.01. The lowest BCUT2D eigenvalue weighted by Crippen LogP contribution is -2.41. The number of ether oxygens (including phenoxy) is 2. The number of carbonyl (C=O) groups excluding carboxylic acids is 1. The fraction of sp³-hybridized carbons (Fsp3) is 0.364. The van der Waals surface area contributed by atoms with Gasteiger partial charge in [-0.2, -0.15) is 9.57 Å². The maximum atomic E-state index is 13.1. The molecular formula is C22H24N2O6S. The number of benzene rings is 2. The van der Waals surface area contributed by atoms with E-state index in [4.69, 9.17) is 14.7 Å². The van der Waals surface area contributed by atoms with Gasteiger partial charge in [-0.25, -0.2) is 8.42 Å². The quantitative estimate of drug-likeness (QED) is 0.512. The summed E-state index contributed by atoms with van der Waals surface area (Å²) in [6.07, 6.45) is -0.979. The number of hydrogen-bond donors (Lipinski definition) is 1. The Kier molecular flexibility index (Phi) is 6.95. The van der Waals surface area contributed by atoms with Gasteiger partial charge in [-0.05, 0) is 61.4 Å². The van der Waals surface area contributed by atoms with Gasteiger partial charge < -0.3 is 14.6 Å². The van der Waals surface area contributed by atoms with Crippen molar-refractivity contribution in [2.45, 2.75) is 37.3 Å². The first-order valence-electron chi connectivity index (χ1n) is 9.79.